The second-order valence-electron chi connectivity index (χ2n) is 6.43. The van der Waals surface area contributed by atoms with Gasteiger partial charge in [0.15, 0.2) is 5.78 Å². The number of alkyl carbamates (subject to hydrolysis) is 1. The predicted molar refractivity (Wildman–Crippen MR) is 91.7 cm³/mol. The Kier molecular flexibility index (Phi) is 8.26. The lowest BCUT2D eigenvalue weighted by Crippen LogP contribution is -2.44. The van der Waals surface area contributed by atoms with Crippen LogP contribution in [0.4, 0.5) is 4.79 Å². The lowest BCUT2D eigenvalue weighted by atomic mass is 10.1. The molecule has 0 saturated carbocycles. The van der Waals surface area contributed by atoms with E-state index in [0.717, 1.165) is 18.4 Å². The summed E-state index contributed by atoms with van der Waals surface area (Å²) in [5.74, 6) is -0.125. The largest absolute Gasteiger partial charge is 0.444 e. The first-order chi connectivity index (χ1) is 10.8. The summed E-state index contributed by atoms with van der Waals surface area (Å²) in [6, 6.07) is 1.40. The maximum absolute atomic E-state index is 12.3. The van der Waals surface area contributed by atoms with Crippen molar-refractivity contribution in [1.29, 1.82) is 0 Å². The smallest absolute Gasteiger partial charge is 0.408 e. The molecule has 0 saturated heterocycles. The van der Waals surface area contributed by atoms with Crippen molar-refractivity contribution in [3.63, 3.8) is 0 Å². The van der Waals surface area contributed by atoms with Gasteiger partial charge >= 0.3 is 6.09 Å². The Morgan fingerprint density at radius 1 is 1.35 bits per heavy atom. The van der Waals surface area contributed by atoms with Crippen molar-refractivity contribution in [3.05, 3.63) is 22.4 Å². The van der Waals surface area contributed by atoms with Crippen molar-refractivity contribution >= 4 is 23.2 Å². The molecule has 1 rings (SSSR count). The van der Waals surface area contributed by atoms with Gasteiger partial charge < -0.3 is 14.8 Å². The minimum atomic E-state index is -0.585. The summed E-state index contributed by atoms with van der Waals surface area (Å²) < 4.78 is 10.7. The van der Waals surface area contributed by atoms with Crippen LogP contribution >= 0.6 is 11.3 Å². The van der Waals surface area contributed by atoms with Gasteiger partial charge in [0.2, 0.25) is 0 Å². The Bertz CT molecular complexity index is 479. The molecule has 1 N–H and O–H groups in total. The number of thiophene rings is 1. The SMILES string of the molecule is CCCC[C@H](NC(=O)OC(C)(C)C)C(=O)COCc1ccsc1. The van der Waals surface area contributed by atoms with Crippen LogP contribution < -0.4 is 5.32 Å². The van der Waals surface area contributed by atoms with E-state index in [9.17, 15) is 9.59 Å². The van der Waals surface area contributed by atoms with Crippen LogP contribution in [0.15, 0.2) is 16.8 Å². The summed E-state index contributed by atoms with van der Waals surface area (Å²) in [4.78, 5) is 24.2. The van der Waals surface area contributed by atoms with Gasteiger partial charge in [-0.25, -0.2) is 4.79 Å². The average molecular weight is 341 g/mol. The number of ether oxygens (including phenoxy) is 2. The molecule has 0 radical (unpaired) electrons. The average Bonchev–Trinajstić information content (AvgIpc) is 2.94. The fraction of sp³-hybridized carbons (Fsp3) is 0.647. The first-order valence-electron chi connectivity index (χ1n) is 7.93. The zero-order valence-electron chi connectivity index (χ0n) is 14.4. The van der Waals surface area contributed by atoms with Gasteiger partial charge in [0.25, 0.3) is 0 Å². The van der Waals surface area contributed by atoms with Gasteiger partial charge in [-0.05, 0) is 49.6 Å². The Balaban J connectivity index is 2.47. The first kappa shape index (κ1) is 19.6. The molecule has 1 atom stereocenters. The van der Waals surface area contributed by atoms with Crippen molar-refractivity contribution in [2.45, 2.75) is 65.2 Å². The third-order valence-electron chi connectivity index (χ3n) is 3.02. The predicted octanol–water partition coefficient (Wildman–Crippen LogP) is 3.92. The van der Waals surface area contributed by atoms with Crippen LogP contribution in [0.1, 0.15) is 52.5 Å². The Morgan fingerprint density at radius 3 is 2.65 bits per heavy atom. The van der Waals surface area contributed by atoms with Crippen LogP contribution in [0.5, 0.6) is 0 Å². The number of Topliss-reactive ketones (excluding diaryl/α,β-unsaturated/α-hetero) is 1. The molecule has 0 aliphatic rings. The number of hydrogen-bond acceptors (Lipinski definition) is 5. The van der Waals surface area contributed by atoms with Crippen LogP contribution in [-0.4, -0.2) is 30.1 Å². The molecule has 0 spiro atoms. The molecule has 0 fully saturated rings. The standard InChI is InChI=1S/C17H27NO4S/c1-5-6-7-14(18-16(20)22-17(2,3)4)15(19)11-21-10-13-8-9-23-12-13/h8-9,12,14H,5-7,10-11H2,1-4H3,(H,18,20)/t14-/m0/s1. The van der Waals surface area contributed by atoms with E-state index in [2.05, 4.69) is 5.32 Å². The fourth-order valence-electron chi connectivity index (χ4n) is 1.92. The molecule has 0 aliphatic carbocycles. The number of carbonyl (C=O) groups is 2. The second-order valence-corrected chi connectivity index (χ2v) is 7.21. The highest BCUT2D eigenvalue weighted by Crippen LogP contribution is 2.10. The minimum absolute atomic E-state index is 0.0139. The zero-order chi connectivity index (χ0) is 17.3. The third kappa shape index (κ3) is 8.71. The van der Waals surface area contributed by atoms with Crippen molar-refractivity contribution in [2.24, 2.45) is 0 Å². The van der Waals surface area contributed by atoms with Gasteiger partial charge in [-0.1, -0.05) is 19.8 Å². The van der Waals surface area contributed by atoms with Gasteiger partial charge in [0.05, 0.1) is 12.6 Å². The molecule has 1 heterocycles. The van der Waals surface area contributed by atoms with Gasteiger partial charge in [0.1, 0.15) is 12.2 Å². The Morgan fingerprint density at radius 2 is 2.09 bits per heavy atom. The molecular weight excluding hydrogens is 314 g/mol. The van der Waals surface area contributed by atoms with E-state index in [1.807, 2.05) is 23.8 Å². The summed E-state index contributed by atoms with van der Waals surface area (Å²) in [6.45, 7) is 7.81. The van der Waals surface area contributed by atoms with E-state index < -0.39 is 17.7 Å². The number of amides is 1. The molecule has 0 aromatic carbocycles. The molecule has 0 aliphatic heterocycles. The van der Waals surface area contributed by atoms with Gasteiger partial charge in [-0.15, -0.1) is 0 Å². The lowest BCUT2D eigenvalue weighted by molar-refractivity contribution is -0.126. The monoisotopic (exact) mass is 341 g/mol. The zero-order valence-corrected chi connectivity index (χ0v) is 15.2. The summed E-state index contributed by atoms with van der Waals surface area (Å²) in [5.41, 5.74) is 0.464. The molecule has 1 aromatic rings. The number of hydrogen-bond donors (Lipinski definition) is 1. The number of unbranched alkanes of at least 4 members (excludes halogenated alkanes) is 1. The van der Waals surface area contributed by atoms with E-state index in [1.165, 1.54) is 0 Å². The molecule has 0 bridgehead atoms. The van der Waals surface area contributed by atoms with Crippen LogP contribution in [0.25, 0.3) is 0 Å². The highest BCUT2D eigenvalue weighted by molar-refractivity contribution is 7.07. The summed E-state index contributed by atoms with van der Waals surface area (Å²) >= 11 is 1.59. The molecule has 0 unspecified atom stereocenters. The quantitative estimate of drug-likeness (QED) is 0.739. The third-order valence-corrected chi connectivity index (χ3v) is 3.75. The van der Waals surface area contributed by atoms with Gasteiger partial charge in [-0.3, -0.25) is 4.79 Å². The minimum Gasteiger partial charge on any atom is -0.444 e. The van der Waals surface area contributed by atoms with Gasteiger partial charge in [-0.2, -0.15) is 11.3 Å². The second kappa shape index (κ2) is 9.67. The topological polar surface area (TPSA) is 64.6 Å². The molecule has 130 valence electrons. The van der Waals surface area contributed by atoms with Crippen molar-refractivity contribution in [3.8, 4) is 0 Å². The number of nitrogens with one attached hydrogen (secondary N) is 1. The van der Waals surface area contributed by atoms with E-state index in [0.29, 0.717) is 13.0 Å². The molecule has 6 heteroatoms. The van der Waals surface area contributed by atoms with Crippen molar-refractivity contribution < 1.29 is 19.1 Å². The first-order valence-corrected chi connectivity index (χ1v) is 8.87. The summed E-state index contributed by atoms with van der Waals surface area (Å²) in [6.07, 6.45) is 1.84. The number of rotatable bonds is 9. The van der Waals surface area contributed by atoms with Crippen molar-refractivity contribution in [2.75, 3.05) is 6.61 Å². The van der Waals surface area contributed by atoms with E-state index in [1.54, 1.807) is 32.1 Å². The summed E-state index contributed by atoms with van der Waals surface area (Å²) in [5, 5.41) is 6.61. The molecular formula is C17H27NO4S. The summed E-state index contributed by atoms with van der Waals surface area (Å²) in [7, 11) is 0. The fourth-order valence-corrected chi connectivity index (χ4v) is 2.57. The Hall–Kier alpha value is -1.40. The normalized spacial score (nSPS) is 12.7. The molecule has 23 heavy (non-hydrogen) atoms. The van der Waals surface area contributed by atoms with Crippen LogP contribution in [0.2, 0.25) is 0 Å². The maximum atomic E-state index is 12.3. The van der Waals surface area contributed by atoms with Crippen LogP contribution in [0.3, 0.4) is 0 Å². The lowest BCUT2D eigenvalue weighted by Gasteiger charge is -2.23. The Labute approximate surface area is 142 Å². The van der Waals surface area contributed by atoms with Crippen molar-refractivity contribution in [1.82, 2.24) is 5.32 Å². The number of ketones is 1. The molecule has 1 amide bonds. The van der Waals surface area contributed by atoms with Crippen LogP contribution in [-0.2, 0) is 20.9 Å². The van der Waals surface area contributed by atoms with Crippen LogP contribution in [0, 0.1) is 0 Å². The molecule has 1 aromatic heterocycles. The van der Waals surface area contributed by atoms with E-state index >= 15 is 0 Å². The van der Waals surface area contributed by atoms with Gasteiger partial charge in [0, 0.05) is 0 Å². The maximum Gasteiger partial charge on any atom is 0.408 e. The highest BCUT2D eigenvalue weighted by atomic mass is 32.1. The van der Waals surface area contributed by atoms with E-state index in [-0.39, 0.29) is 12.4 Å². The number of carbonyl (C=O) groups excluding carboxylic acids is 2. The highest BCUT2D eigenvalue weighted by Gasteiger charge is 2.23. The van der Waals surface area contributed by atoms with E-state index in [4.69, 9.17) is 9.47 Å². The molecule has 5 nitrogen and oxygen atoms in total.